The van der Waals surface area contributed by atoms with Crippen molar-refractivity contribution in [2.24, 2.45) is 5.73 Å². The van der Waals surface area contributed by atoms with E-state index in [4.69, 9.17) is 5.73 Å². The van der Waals surface area contributed by atoms with Crippen LogP contribution < -0.4 is 5.73 Å². The molecule has 1 aliphatic heterocycles. The molecule has 0 aromatic carbocycles. The molecule has 3 heteroatoms. The predicted octanol–water partition coefficient (Wildman–Crippen LogP) is 6.06. The Kier molecular flexibility index (Phi) is 24.2. The molecule has 1 aliphatic carbocycles. The minimum Gasteiger partial charge on any atom is -0.402 e. The molecule has 0 atom stereocenters. The molecule has 0 saturated heterocycles. The van der Waals surface area contributed by atoms with Gasteiger partial charge in [0.1, 0.15) is 7.05 Å². The van der Waals surface area contributed by atoms with Gasteiger partial charge >= 0.3 is 0 Å². The van der Waals surface area contributed by atoms with Crippen molar-refractivity contribution in [3.8, 4) is 0 Å². The Morgan fingerprint density at radius 2 is 1.52 bits per heavy atom. The van der Waals surface area contributed by atoms with E-state index in [1.54, 1.807) is 0 Å². The zero-order valence-electron chi connectivity index (χ0n) is 12.8. The summed E-state index contributed by atoms with van der Waals surface area (Å²) in [6, 6.07) is 0. The Morgan fingerprint density at radius 1 is 1.00 bits per heavy atom. The van der Waals surface area contributed by atoms with E-state index in [2.05, 4.69) is 49.9 Å². The topological polar surface area (TPSA) is 29.0 Å². The van der Waals surface area contributed by atoms with E-state index in [1.807, 2.05) is 13.8 Å². The fraction of sp³-hybridized carbons (Fsp3) is 0.550. The average Bonchev–Trinajstić information content (AvgIpc) is 2.89. The summed E-state index contributed by atoms with van der Waals surface area (Å²) in [7, 11) is 2.08. The van der Waals surface area contributed by atoms with Gasteiger partial charge in [-0.3, -0.25) is 0 Å². The second kappa shape index (κ2) is 16.4. The van der Waals surface area contributed by atoms with Crippen molar-refractivity contribution in [3.05, 3.63) is 46.8 Å². The molecule has 1 heterocycles. The van der Waals surface area contributed by atoms with Crippen molar-refractivity contribution in [2.45, 2.75) is 70.2 Å². The first-order valence-electron chi connectivity index (χ1n) is 6.68. The zero-order chi connectivity index (χ0) is 13.7. The van der Waals surface area contributed by atoms with Gasteiger partial charge in [-0.2, -0.15) is 0 Å². The maximum Gasteiger partial charge on any atom is 0.185 e. The summed E-state index contributed by atoms with van der Waals surface area (Å²) in [5, 5.41) is 0. The third-order valence-corrected chi connectivity index (χ3v) is 3.49. The van der Waals surface area contributed by atoms with Gasteiger partial charge in [-0.1, -0.05) is 49.6 Å². The van der Waals surface area contributed by atoms with Gasteiger partial charge in [0.25, 0.3) is 0 Å². The van der Waals surface area contributed by atoms with Crippen LogP contribution >= 0.6 is 0 Å². The molecule has 2 N–H and O–H groups in total. The molecule has 0 spiro atoms. The smallest absolute Gasteiger partial charge is 0.185 e. The summed E-state index contributed by atoms with van der Waals surface area (Å²) >= 11 is 0. The Bertz CT molecular complexity index is 478. The van der Waals surface area contributed by atoms with Crippen LogP contribution in [0.5, 0.6) is 0 Å². The van der Waals surface area contributed by atoms with Crippen LogP contribution in [-0.4, -0.2) is 17.3 Å². The minimum atomic E-state index is 0. The van der Waals surface area contributed by atoms with Crippen LogP contribution in [0.25, 0.3) is 0 Å². The molecule has 0 unspecified atom stereocenters. The van der Waals surface area contributed by atoms with Gasteiger partial charge in [0.2, 0.25) is 0 Å². The first-order valence-corrected chi connectivity index (χ1v) is 6.68. The van der Waals surface area contributed by atoms with Gasteiger partial charge in [-0.05, 0) is 36.6 Å². The van der Waals surface area contributed by atoms with Gasteiger partial charge < -0.3 is 5.73 Å². The van der Waals surface area contributed by atoms with Crippen LogP contribution in [0.3, 0.4) is 0 Å². The molecule has 0 fully saturated rings. The van der Waals surface area contributed by atoms with Crippen LogP contribution in [-0.2, 0) is 32.7 Å². The third kappa shape index (κ3) is 8.81. The van der Waals surface area contributed by atoms with E-state index < -0.39 is 0 Å². The van der Waals surface area contributed by atoms with Crippen LogP contribution in [0, 0.1) is 0 Å². The van der Waals surface area contributed by atoms with E-state index >= 15 is 0 Å². The van der Waals surface area contributed by atoms with E-state index in [9.17, 15) is 0 Å². The molecule has 0 aromatic heterocycles. The normalized spacial score (nSPS) is 15.0. The summed E-state index contributed by atoms with van der Waals surface area (Å²) in [4.78, 5) is 0. The standard InChI is InChI=1S/C14H18N2.C2H6.4CH4.Y/c1-10-11(2)14(15)9-12(10)6-7-13-5-4-8-16(13)3;1-2;;;;;/h4,6-8,15H,5,9H2,1-3H3;1-2H3;4*1H4;/p+1. The van der Waals surface area contributed by atoms with Gasteiger partial charge in [0.05, 0.1) is 6.42 Å². The monoisotopic (exact) mass is 398 g/mol. The third-order valence-electron chi connectivity index (χ3n) is 3.49. The Morgan fingerprint density at radius 3 is 1.87 bits per heavy atom. The Balaban J connectivity index is -0.000000149. The average molecular weight is 398 g/mol. The first-order chi connectivity index (χ1) is 8.59. The van der Waals surface area contributed by atoms with Crippen molar-refractivity contribution >= 4 is 5.71 Å². The van der Waals surface area contributed by atoms with Gasteiger partial charge in [-0.15, -0.1) is 0 Å². The molecule has 0 amide bonds. The van der Waals surface area contributed by atoms with Gasteiger partial charge in [0, 0.05) is 50.9 Å². The Hall–Kier alpha value is -0.466. The van der Waals surface area contributed by atoms with E-state index in [-0.39, 0.29) is 62.4 Å². The summed E-state index contributed by atoms with van der Waals surface area (Å²) in [6.45, 7) is 8.25. The van der Waals surface area contributed by atoms with E-state index in [1.165, 1.54) is 22.4 Å². The number of hydrogen-bond acceptors (Lipinski definition) is 1. The molecule has 23 heavy (non-hydrogen) atoms. The number of nitrogens with zero attached hydrogens (tertiary/aromatic N) is 1. The van der Waals surface area contributed by atoms with Crippen molar-refractivity contribution in [2.75, 3.05) is 7.05 Å². The van der Waals surface area contributed by atoms with Crippen molar-refractivity contribution in [1.82, 2.24) is 0 Å². The van der Waals surface area contributed by atoms with E-state index in [0.717, 1.165) is 18.5 Å². The van der Waals surface area contributed by atoms with Crippen LogP contribution in [0.1, 0.15) is 70.2 Å². The molecular weight excluding hydrogens is 357 g/mol. The van der Waals surface area contributed by atoms with Crippen molar-refractivity contribution in [1.29, 1.82) is 0 Å². The summed E-state index contributed by atoms with van der Waals surface area (Å²) in [5.41, 5.74) is 12.2. The second-order valence-electron chi connectivity index (χ2n) is 4.50. The molecule has 2 nitrogen and oxygen atoms in total. The SMILES string of the molecule is C.C.C.C.CC.CC1=C(N)CC(C=CC2=[N+](C)C=CC2)=C1C.[Y]. The molecule has 2 aliphatic rings. The van der Waals surface area contributed by atoms with Crippen LogP contribution in [0.15, 0.2) is 46.8 Å². The number of allylic oxidation sites excluding steroid dienone is 6. The fourth-order valence-electron chi connectivity index (χ4n) is 2.09. The Labute approximate surface area is 172 Å². The largest absolute Gasteiger partial charge is 0.402 e. The zero-order valence-corrected chi connectivity index (χ0v) is 15.7. The number of hydrogen-bond donors (Lipinski definition) is 1. The summed E-state index contributed by atoms with van der Waals surface area (Å²) in [6.07, 6.45) is 10.6. The van der Waals surface area contributed by atoms with Crippen molar-refractivity contribution in [3.63, 3.8) is 0 Å². The quantitative estimate of drug-likeness (QED) is 0.563. The van der Waals surface area contributed by atoms with Crippen LogP contribution in [0.2, 0.25) is 0 Å². The molecule has 0 aromatic rings. The van der Waals surface area contributed by atoms with Crippen LogP contribution in [0.4, 0.5) is 0 Å². The minimum absolute atomic E-state index is 0. The van der Waals surface area contributed by atoms with Gasteiger partial charge in [0.15, 0.2) is 11.9 Å². The van der Waals surface area contributed by atoms with Gasteiger partial charge in [-0.25, -0.2) is 4.58 Å². The number of nitrogens with two attached hydrogens (primary N) is 1. The van der Waals surface area contributed by atoms with Crippen molar-refractivity contribution < 1.29 is 37.3 Å². The number of rotatable bonds is 2. The second-order valence-corrected chi connectivity index (χ2v) is 4.50. The predicted molar refractivity (Wildman–Crippen MR) is 107 cm³/mol. The molecule has 0 saturated carbocycles. The molecule has 2 rings (SSSR count). The maximum absolute atomic E-state index is 5.94. The molecule has 0 bridgehead atoms. The molecule has 1 radical (unpaired) electrons. The first kappa shape index (κ1) is 34.0. The summed E-state index contributed by atoms with van der Waals surface area (Å²) in [5.74, 6) is 0. The molecule has 133 valence electrons. The fourth-order valence-corrected chi connectivity index (χ4v) is 2.09. The maximum atomic E-state index is 5.94. The summed E-state index contributed by atoms with van der Waals surface area (Å²) < 4.78 is 2.16. The van der Waals surface area contributed by atoms with E-state index in [0.29, 0.717) is 0 Å². The molecular formula is C20H41N2Y+.